The molecule has 1 fully saturated rings. The van der Waals surface area contributed by atoms with Gasteiger partial charge in [-0.2, -0.15) is 5.10 Å². The molecular weight excluding hydrogens is 468 g/mol. The largest absolute Gasteiger partial charge is 0.503 e. The number of amides is 1. The number of carbonyl (C=O) groups excluding carboxylic acids is 1. The molecule has 4 aromatic rings. The minimum Gasteiger partial charge on any atom is -0.503 e. The van der Waals surface area contributed by atoms with Gasteiger partial charge < -0.3 is 15.5 Å². The number of nitrogens with one attached hydrogen (secondary N) is 1. The molecule has 186 valence electrons. The minimum absolute atomic E-state index is 0.100. The average molecular weight is 494 g/mol. The van der Waals surface area contributed by atoms with E-state index in [9.17, 15) is 18.7 Å². The summed E-state index contributed by atoms with van der Waals surface area (Å²) in [4.78, 5) is 20.9. The first-order valence-electron chi connectivity index (χ1n) is 11.8. The fraction of sp³-hybridized carbons (Fsp3) is 0.308. The summed E-state index contributed by atoms with van der Waals surface area (Å²) in [5.41, 5.74) is 2.20. The molecule has 3 N–H and O–H groups in total. The molecule has 0 aliphatic heterocycles. The van der Waals surface area contributed by atoms with E-state index in [0.717, 1.165) is 54.3 Å². The third-order valence-corrected chi connectivity index (χ3v) is 6.69. The van der Waals surface area contributed by atoms with Crippen LogP contribution in [0.5, 0.6) is 5.75 Å². The van der Waals surface area contributed by atoms with E-state index in [1.54, 1.807) is 12.4 Å². The lowest BCUT2D eigenvalue weighted by Crippen LogP contribution is -2.31. The van der Waals surface area contributed by atoms with Crippen LogP contribution in [0.4, 0.5) is 8.78 Å². The average Bonchev–Trinajstić information content (AvgIpc) is 3.34. The summed E-state index contributed by atoms with van der Waals surface area (Å²) in [7, 11) is 0. The van der Waals surface area contributed by atoms with Gasteiger partial charge >= 0.3 is 0 Å². The van der Waals surface area contributed by atoms with Gasteiger partial charge in [-0.3, -0.25) is 9.48 Å². The standard InChI is InChI=1S/C26H25F2N5O3/c27-21-7-19(8-22(28)24(21)35)26(36)31-10-15-1-5-20(6-2-15)33-13-18-4-3-17(9-23(18)32-33)25-29-11-16(14-34)12-30-25/h3-4,7-9,11-13,15,20,34-35H,1-2,5-6,10,14H2,(H,31,36). The molecule has 0 spiro atoms. The van der Waals surface area contributed by atoms with Crippen LogP contribution in [0.25, 0.3) is 22.3 Å². The zero-order valence-corrected chi connectivity index (χ0v) is 19.4. The molecule has 1 saturated carbocycles. The number of rotatable bonds is 6. The third kappa shape index (κ3) is 4.90. The molecule has 1 aliphatic carbocycles. The van der Waals surface area contributed by atoms with Crippen LogP contribution in [0, 0.1) is 17.6 Å². The van der Waals surface area contributed by atoms with Crippen molar-refractivity contribution in [1.29, 1.82) is 0 Å². The van der Waals surface area contributed by atoms with E-state index < -0.39 is 23.3 Å². The Balaban J connectivity index is 1.18. The first-order chi connectivity index (χ1) is 17.4. The number of hydrogen-bond acceptors (Lipinski definition) is 6. The van der Waals surface area contributed by atoms with E-state index in [1.807, 2.05) is 29.1 Å². The Labute approximate surface area is 205 Å². The summed E-state index contributed by atoms with van der Waals surface area (Å²) >= 11 is 0. The number of phenolic OH excluding ortho intramolecular Hbond substituents is 1. The van der Waals surface area contributed by atoms with Gasteiger partial charge in [-0.05, 0) is 49.8 Å². The molecule has 0 atom stereocenters. The van der Waals surface area contributed by atoms with E-state index >= 15 is 0 Å². The minimum atomic E-state index is -1.16. The van der Waals surface area contributed by atoms with Gasteiger partial charge in [0.15, 0.2) is 23.2 Å². The number of hydrogen-bond donors (Lipinski definition) is 3. The lowest BCUT2D eigenvalue weighted by Gasteiger charge is -2.28. The van der Waals surface area contributed by atoms with E-state index in [1.165, 1.54) is 0 Å². The second-order valence-electron chi connectivity index (χ2n) is 9.13. The van der Waals surface area contributed by atoms with Gasteiger partial charge in [0, 0.05) is 47.2 Å². The van der Waals surface area contributed by atoms with Crippen LogP contribution in [0.1, 0.15) is 47.6 Å². The van der Waals surface area contributed by atoms with Gasteiger partial charge in [-0.1, -0.05) is 12.1 Å². The maximum atomic E-state index is 13.5. The molecule has 1 amide bonds. The molecular formula is C26H25F2N5O3. The van der Waals surface area contributed by atoms with Crippen LogP contribution in [0.3, 0.4) is 0 Å². The number of aliphatic hydroxyl groups is 1. The number of carbonyl (C=O) groups is 1. The second kappa shape index (κ2) is 9.98. The molecule has 2 aromatic carbocycles. The normalized spacial score (nSPS) is 17.9. The molecule has 0 radical (unpaired) electrons. The van der Waals surface area contributed by atoms with Gasteiger partial charge in [-0.25, -0.2) is 18.7 Å². The van der Waals surface area contributed by atoms with Crippen molar-refractivity contribution in [2.75, 3.05) is 6.54 Å². The fourth-order valence-electron chi connectivity index (χ4n) is 4.60. The zero-order valence-electron chi connectivity index (χ0n) is 19.4. The highest BCUT2D eigenvalue weighted by atomic mass is 19.1. The predicted octanol–water partition coefficient (Wildman–Crippen LogP) is 4.13. The quantitative estimate of drug-likeness (QED) is 0.372. The van der Waals surface area contributed by atoms with Gasteiger partial charge in [0.05, 0.1) is 18.2 Å². The first kappa shape index (κ1) is 23.8. The molecule has 2 heterocycles. The molecule has 1 aliphatic rings. The van der Waals surface area contributed by atoms with Crippen molar-refractivity contribution in [2.45, 2.75) is 38.3 Å². The molecule has 2 aromatic heterocycles. The Morgan fingerprint density at radius 1 is 1.06 bits per heavy atom. The summed E-state index contributed by atoms with van der Waals surface area (Å²) < 4.78 is 29.0. The van der Waals surface area contributed by atoms with Crippen LogP contribution < -0.4 is 5.32 Å². The second-order valence-corrected chi connectivity index (χ2v) is 9.13. The lowest BCUT2D eigenvalue weighted by atomic mass is 9.86. The van der Waals surface area contributed by atoms with Crippen molar-refractivity contribution in [1.82, 2.24) is 25.1 Å². The van der Waals surface area contributed by atoms with Gasteiger partial charge in [0.2, 0.25) is 0 Å². The Morgan fingerprint density at radius 2 is 1.75 bits per heavy atom. The number of halogens is 2. The summed E-state index contributed by atoms with van der Waals surface area (Å²) in [6.07, 6.45) is 8.81. The molecule has 0 bridgehead atoms. The Hall–Kier alpha value is -3.92. The number of aliphatic hydroxyl groups excluding tert-OH is 1. The molecule has 8 nitrogen and oxygen atoms in total. The predicted molar refractivity (Wildman–Crippen MR) is 128 cm³/mol. The number of aromatic nitrogens is 4. The van der Waals surface area contributed by atoms with Gasteiger partial charge in [-0.15, -0.1) is 0 Å². The van der Waals surface area contributed by atoms with Crippen molar-refractivity contribution < 1.29 is 23.8 Å². The van der Waals surface area contributed by atoms with Crippen molar-refractivity contribution in [3.63, 3.8) is 0 Å². The molecule has 0 saturated heterocycles. The van der Waals surface area contributed by atoms with Crippen LogP contribution in [0.15, 0.2) is 48.9 Å². The van der Waals surface area contributed by atoms with Crippen LogP contribution in [0.2, 0.25) is 0 Å². The Bertz CT molecular complexity index is 1380. The molecule has 10 heteroatoms. The van der Waals surface area contributed by atoms with Gasteiger partial charge in [0.25, 0.3) is 5.91 Å². The Morgan fingerprint density at radius 3 is 2.42 bits per heavy atom. The number of nitrogens with zero attached hydrogens (tertiary/aromatic N) is 4. The van der Waals surface area contributed by atoms with Crippen molar-refractivity contribution in [3.8, 4) is 17.1 Å². The van der Waals surface area contributed by atoms with Crippen molar-refractivity contribution >= 4 is 16.8 Å². The van der Waals surface area contributed by atoms with E-state index in [-0.39, 0.29) is 24.1 Å². The van der Waals surface area contributed by atoms with E-state index in [4.69, 9.17) is 10.2 Å². The highest BCUT2D eigenvalue weighted by Crippen LogP contribution is 2.33. The summed E-state index contributed by atoms with van der Waals surface area (Å²) in [5, 5.41) is 26.9. The molecule has 36 heavy (non-hydrogen) atoms. The Kier molecular flexibility index (Phi) is 6.60. The summed E-state index contributed by atoms with van der Waals surface area (Å²) in [6, 6.07) is 7.80. The number of fused-ring (bicyclic) bond motifs is 1. The topological polar surface area (TPSA) is 113 Å². The first-order valence-corrected chi connectivity index (χ1v) is 11.8. The molecule has 0 unspecified atom stereocenters. The molecule has 5 rings (SSSR count). The van der Waals surface area contributed by atoms with Crippen LogP contribution >= 0.6 is 0 Å². The number of benzene rings is 2. The fourth-order valence-corrected chi connectivity index (χ4v) is 4.60. The zero-order chi connectivity index (χ0) is 25.2. The SMILES string of the molecule is O=C(NCC1CCC(n2cc3ccc(-c4ncc(CO)cn4)cc3n2)CC1)c1cc(F)c(O)c(F)c1. The lowest BCUT2D eigenvalue weighted by molar-refractivity contribution is 0.0940. The maximum absolute atomic E-state index is 13.5. The highest BCUT2D eigenvalue weighted by Gasteiger charge is 2.24. The van der Waals surface area contributed by atoms with Crippen molar-refractivity contribution in [2.24, 2.45) is 5.92 Å². The smallest absolute Gasteiger partial charge is 0.251 e. The highest BCUT2D eigenvalue weighted by molar-refractivity contribution is 5.94. The monoisotopic (exact) mass is 493 g/mol. The number of aromatic hydroxyl groups is 1. The third-order valence-electron chi connectivity index (χ3n) is 6.69. The summed E-state index contributed by atoms with van der Waals surface area (Å²) in [5.74, 6) is -3.15. The van der Waals surface area contributed by atoms with Crippen molar-refractivity contribution in [3.05, 3.63) is 71.7 Å². The van der Waals surface area contributed by atoms with Gasteiger partial charge in [0.1, 0.15) is 0 Å². The van der Waals surface area contributed by atoms with Crippen LogP contribution in [-0.2, 0) is 6.61 Å². The van der Waals surface area contributed by atoms with E-state index in [0.29, 0.717) is 17.9 Å². The maximum Gasteiger partial charge on any atom is 0.251 e. The number of phenols is 1. The van der Waals surface area contributed by atoms with E-state index in [2.05, 4.69) is 15.3 Å². The van der Waals surface area contributed by atoms with Crippen LogP contribution in [-0.4, -0.2) is 42.4 Å². The summed E-state index contributed by atoms with van der Waals surface area (Å²) in [6.45, 7) is 0.311.